The molecular weight excluding hydrogens is 318 g/mol. The molecule has 1 amide bonds. The van der Waals surface area contributed by atoms with E-state index in [9.17, 15) is 4.79 Å². The molecule has 0 aliphatic rings. The quantitative estimate of drug-likeness (QED) is 0.757. The van der Waals surface area contributed by atoms with E-state index in [0.29, 0.717) is 16.4 Å². The normalized spacial score (nSPS) is 11.1. The third-order valence-electron chi connectivity index (χ3n) is 3.80. The lowest BCUT2D eigenvalue weighted by Gasteiger charge is -2.11. The van der Waals surface area contributed by atoms with Crippen molar-refractivity contribution in [2.75, 3.05) is 0 Å². The van der Waals surface area contributed by atoms with Gasteiger partial charge in [-0.1, -0.05) is 11.6 Å². The highest BCUT2D eigenvalue weighted by Crippen LogP contribution is 2.26. The van der Waals surface area contributed by atoms with Gasteiger partial charge in [0.1, 0.15) is 5.65 Å². The molecule has 0 aliphatic carbocycles. The van der Waals surface area contributed by atoms with Crippen LogP contribution in [0.2, 0.25) is 5.02 Å². The van der Waals surface area contributed by atoms with Crippen molar-refractivity contribution in [2.24, 2.45) is 0 Å². The second-order valence-electron chi connectivity index (χ2n) is 5.24. The number of halogens is 1. The monoisotopic (exact) mass is 333 g/mol. The molecule has 6 heteroatoms. The van der Waals surface area contributed by atoms with E-state index < -0.39 is 0 Å². The maximum absolute atomic E-state index is 12.2. The highest BCUT2D eigenvalue weighted by atomic mass is 35.5. The molecule has 3 heterocycles. The molecule has 22 heavy (non-hydrogen) atoms. The van der Waals surface area contributed by atoms with Gasteiger partial charge in [0.25, 0.3) is 5.91 Å². The minimum absolute atomic E-state index is 0.104. The number of aryl methyl sites for hydroxylation is 3. The van der Waals surface area contributed by atoms with E-state index in [1.54, 1.807) is 6.07 Å². The number of H-pyrrole nitrogens is 1. The molecule has 0 aromatic carbocycles. The largest absolute Gasteiger partial charge is 0.347 e. The topological polar surface area (TPSA) is 57.8 Å². The summed E-state index contributed by atoms with van der Waals surface area (Å²) in [5.74, 6) is -0.104. The van der Waals surface area contributed by atoms with Crippen LogP contribution in [0.15, 0.2) is 18.3 Å². The van der Waals surface area contributed by atoms with E-state index in [1.165, 1.54) is 11.3 Å². The molecule has 2 N–H and O–H groups in total. The van der Waals surface area contributed by atoms with Crippen LogP contribution in [0.5, 0.6) is 0 Å². The average Bonchev–Trinajstić information content (AvgIpc) is 3.06. The van der Waals surface area contributed by atoms with E-state index >= 15 is 0 Å². The second kappa shape index (κ2) is 5.74. The minimum Gasteiger partial charge on any atom is -0.347 e. The molecule has 0 saturated carbocycles. The van der Waals surface area contributed by atoms with Crippen molar-refractivity contribution in [2.45, 2.75) is 27.3 Å². The zero-order chi connectivity index (χ0) is 15.9. The van der Waals surface area contributed by atoms with E-state index in [-0.39, 0.29) is 5.91 Å². The van der Waals surface area contributed by atoms with Gasteiger partial charge in [-0.15, -0.1) is 11.3 Å². The third kappa shape index (κ3) is 2.62. The van der Waals surface area contributed by atoms with E-state index in [4.69, 9.17) is 11.6 Å². The fourth-order valence-corrected chi connectivity index (χ4v) is 3.63. The summed E-state index contributed by atoms with van der Waals surface area (Å²) in [6, 6.07) is 3.72. The number of nitrogens with zero attached hydrogens (tertiary/aromatic N) is 1. The van der Waals surface area contributed by atoms with E-state index in [1.807, 2.05) is 26.1 Å². The van der Waals surface area contributed by atoms with Crippen LogP contribution in [0.3, 0.4) is 0 Å². The Hall–Kier alpha value is -1.85. The Morgan fingerprint density at radius 1 is 1.41 bits per heavy atom. The summed E-state index contributed by atoms with van der Waals surface area (Å²) in [6.07, 6.45) is 1.88. The van der Waals surface area contributed by atoms with Crippen LogP contribution in [0, 0.1) is 20.8 Å². The van der Waals surface area contributed by atoms with Gasteiger partial charge in [0.2, 0.25) is 0 Å². The summed E-state index contributed by atoms with van der Waals surface area (Å²) in [6.45, 7) is 6.38. The number of nitrogens with one attached hydrogen (secondary N) is 2. The molecule has 4 nitrogen and oxygen atoms in total. The molecule has 0 aliphatic heterocycles. The average molecular weight is 334 g/mol. The van der Waals surface area contributed by atoms with Crippen molar-refractivity contribution in [3.8, 4) is 0 Å². The Kier molecular flexibility index (Phi) is 3.93. The molecule has 0 atom stereocenters. The highest BCUT2D eigenvalue weighted by Gasteiger charge is 2.14. The molecule has 114 valence electrons. The van der Waals surface area contributed by atoms with Gasteiger partial charge in [0, 0.05) is 28.7 Å². The van der Waals surface area contributed by atoms with Crippen LogP contribution in [-0.2, 0) is 6.54 Å². The number of aromatic amines is 1. The van der Waals surface area contributed by atoms with Crippen molar-refractivity contribution in [3.05, 3.63) is 49.9 Å². The van der Waals surface area contributed by atoms with Gasteiger partial charge >= 0.3 is 0 Å². The standard InChI is InChI=1S/C16H16ClN3OS/c1-8-11-4-5-18-15(11)20-9(2)12(8)7-19-16(21)14-6-13(17)10(3)22-14/h4-6H,7H2,1-3H3,(H,18,20)(H,19,21). The second-order valence-corrected chi connectivity index (χ2v) is 6.90. The van der Waals surface area contributed by atoms with Crippen molar-refractivity contribution >= 4 is 39.9 Å². The summed E-state index contributed by atoms with van der Waals surface area (Å²) >= 11 is 7.42. The number of amides is 1. The fraction of sp³-hybridized carbons (Fsp3) is 0.250. The third-order valence-corrected chi connectivity index (χ3v) is 5.36. The number of pyridine rings is 1. The molecule has 0 bridgehead atoms. The van der Waals surface area contributed by atoms with Gasteiger partial charge in [-0.05, 0) is 44.0 Å². The SMILES string of the molecule is Cc1nc2[nH]ccc2c(C)c1CNC(=O)c1cc(Cl)c(C)s1. The molecule has 0 radical (unpaired) electrons. The van der Waals surface area contributed by atoms with Crippen molar-refractivity contribution in [1.29, 1.82) is 0 Å². The Balaban J connectivity index is 1.83. The Morgan fingerprint density at radius 3 is 2.86 bits per heavy atom. The Bertz CT molecular complexity index is 846. The highest BCUT2D eigenvalue weighted by molar-refractivity contribution is 7.14. The molecule has 3 aromatic heterocycles. The molecule has 0 spiro atoms. The first-order valence-corrected chi connectivity index (χ1v) is 8.14. The molecular formula is C16H16ClN3OS. The Labute approximate surface area is 137 Å². The first kappa shape index (κ1) is 15.1. The molecule has 3 rings (SSSR count). The van der Waals surface area contributed by atoms with E-state index in [2.05, 4.69) is 22.2 Å². The number of fused-ring (bicyclic) bond motifs is 1. The first-order valence-electron chi connectivity index (χ1n) is 6.94. The van der Waals surface area contributed by atoms with Crippen molar-refractivity contribution in [3.63, 3.8) is 0 Å². The van der Waals surface area contributed by atoms with Crippen LogP contribution >= 0.6 is 22.9 Å². The molecule has 0 fully saturated rings. The smallest absolute Gasteiger partial charge is 0.261 e. The summed E-state index contributed by atoms with van der Waals surface area (Å²) in [4.78, 5) is 21.5. The predicted octanol–water partition coefficient (Wildman–Crippen LogP) is 4.13. The van der Waals surface area contributed by atoms with Gasteiger partial charge in [0.15, 0.2) is 0 Å². The van der Waals surface area contributed by atoms with Gasteiger partial charge in [0.05, 0.1) is 9.90 Å². The molecule has 0 unspecified atom stereocenters. The maximum Gasteiger partial charge on any atom is 0.261 e. The Morgan fingerprint density at radius 2 is 2.18 bits per heavy atom. The summed E-state index contributed by atoms with van der Waals surface area (Å²) in [5, 5.41) is 4.68. The fourth-order valence-electron chi connectivity index (χ4n) is 2.51. The van der Waals surface area contributed by atoms with Crippen LogP contribution in [0.1, 0.15) is 31.4 Å². The lowest BCUT2D eigenvalue weighted by Crippen LogP contribution is -2.23. The van der Waals surface area contributed by atoms with Gasteiger partial charge in [-0.2, -0.15) is 0 Å². The first-order chi connectivity index (χ1) is 10.5. The van der Waals surface area contributed by atoms with Crippen LogP contribution in [0.25, 0.3) is 11.0 Å². The number of aromatic nitrogens is 2. The van der Waals surface area contributed by atoms with Crippen molar-refractivity contribution in [1.82, 2.24) is 15.3 Å². The number of hydrogen-bond acceptors (Lipinski definition) is 3. The number of hydrogen-bond donors (Lipinski definition) is 2. The lowest BCUT2D eigenvalue weighted by atomic mass is 10.0. The lowest BCUT2D eigenvalue weighted by molar-refractivity contribution is 0.0955. The number of carbonyl (C=O) groups excluding carboxylic acids is 1. The predicted molar refractivity (Wildman–Crippen MR) is 90.8 cm³/mol. The summed E-state index contributed by atoms with van der Waals surface area (Å²) in [7, 11) is 0. The molecule has 3 aromatic rings. The van der Waals surface area contributed by atoms with Gasteiger partial charge < -0.3 is 10.3 Å². The minimum atomic E-state index is -0.104. The van der Waals surface area contributed by atoms with Gasteiger partial charge in [-0.25, -0.2) is 4.98 Å². The zero-order valence-electron chi connectivity index (χ0n) is 12.6. The summed E-state index contributed by atoms with van der Waals surface area (Å²) < 4.78 is 0. The van der Waals surface area contributed by atoms with Crippen LogP contribution < -0.4 is 5.32 Å². The van der Waals surface area contributed by atoms with Crippen LogP contribution in [-0.4, -0.2) is 15.9 Å². The maximum atomic E-state index is 12.2. The van der Waals surface area contributed by atoms with Crippen molar-refractivity contribution < 1.29 is 4.79 Å². The van der Waals surface area contributed by atoms with Gasteiger partial charge in [-0.3, -0.25) is 4.79 Å². The number of thiophene rings is 1. The molecule has 0 saturated heterocycles. The number of rotatable bonds is 3. The number of carbonyl (C=O) groups is 1. The van der Waals surface area contributed by atoms with Crippen LogP contribution in [0.4, 0.5) is 0 Å². The van der Waals surface area contributed by atoms with E-state index in [0.717, 1.165) is 32.7 Å². The summed E-state index contributed by atoms with van der Waals surface area (Å²) in [5.41, 5.74) is 4.00. The zero-order valence-corrected chi connectivity index (χ0v) is 14.2.